The Labute approximate surface area is 146 Å². The topological polar surface area (TPSA) is 79.8 Å². The first-order valence-corrected chi connectivity index (χ1v) is 7.95. The van der Waals surface area contributed by atoms with Gasteiger partial charge in [0.05, 0.1) is 12.3 Å². The molecule has 0 bridgehead atoms. The summed E-state index contributed by atoms with van der Waals surface area (Å²) < 4.78 is 5.35. The molecule has 0 aromatic heterocycles. The average Bonchev–Trinajstić information content (AvgIpc) is 2.60. The maximum atomic E-state index is 12.1. The number of hydrogen-bond acceptors (Lipinski definition) is 4. The number of anilines is 1. The zero-order chi connectivity index (χ0) is 18.2. The third-order valence-electron chi connectivity index (χ3n) is 3.35. The molecule has 0 radical (unpaired) electrons. The molecule has 0 aliphatic rings. The van der Waals surface area contributed by atoms with E-state index in [9.17, 15) is 9.59 Å². The van der Waals surface area contributed by atoms with E-state index >= 15 is 0 Å². The molecule has 2 rings (SSSR count). The van der Waals surface area contributed by atoms with Crippen LogP contribution in [-0.2, 0) is 4.79 Å². The normalized spacial score (nSPS) is 10.9. The molecule has 130 valence electrons. The quantitative estimate of drug-likeness (QED) is 0.626. The molecule has 0 spiro atoms. The van der Waals surface area contributed by atoms with Gasteiger partial charge >= 0.3 is 0 Å². The lowest BCUT2D eigenvalue weighted by atomic mass is 10.1. The number of amides is 2. The second kappa shape index (κ2) is 8.63. The number of ether oxygens (including phenoxy) is 1. The molecule has 2 aromatic carbocycles. The van der Waals surface area contributed by atoms with Gasteiger partial charge in [0.15, 0.2) is 0 Å². The van der Waals surface area contributed by atoms with Crippen LogP contribution < -0.4 is 15.5 Å². The highest BCUT2D eigenvalue weighted by Crippen LogP contribution is 2.13. The Morgan fingerprint density at radius 1 is 1.04 bits per heavy atom. The molecule has 6 nitrogen and oxygen atoms in total. The summed E-state index contributed by atoms with van der Waals surface area (Å²) in [6.45, 7) is 5.71. The van der Waals surface area contributed by atoms with Crippen molar-refractivity contribution in [3.05, 3.63) is 59.7 Å². The van der Waals surface area contributed by atoms with E-state index < -0.39 is 0 Å². The number of rotatable bonds is 6. The van der Waals surface area contributed by atoms with Crippen molar-refractivity contribution in [2.24, 2.45) is 5.10 Å². The second-order valence-corrected chi connectivity index (χ2v) is 5.36. The molecule has 0 aliphatic heterocycles. The van der Waals surface area contributed by atoms with Crippen LogP contribution in [0.5, 0.6) is 5.75 Å². The summed E-state index contributed by atoms with van der Waals surface area (Å²) in [4.78, 5) is 23.3. The summed E-state index contributed by atoms with van der Waals surface area (Å²) in [6, 6.07) is 14.1. The minimum Gasteiger partial charge on any atom is -0.494 e. The van der Waals surface area contributed by atoms with E-state index in [1.54, 1.807) is 43.3 Å². The van der Waals surface area contributed by atoms with Crippen molar-refractivity contribution in [3.63, 3.8) is 0 Å². The standard InChI is InChI=1S/C19H21N3O3/c1-4-25-18-10-8-15(9-11-18)19(24)22-21-13(2)16-6-5-7-17(12-16)20-14(3)23/h5-12H,4H2,1-3H3,(H,20,23)(H,22,24)/b21-13+. The van der Waals surface area contributed by atoms with E-state index in [2.05, 4.69) is 15.8 Å². The summed E-state index contributed by atoms with van der Waals surface area (Å²) >= 11 is 0. The van der Waals surface area contributed by atoms with Gasteiger partial charge in [-0.1, -0.05) is 12.1 Å². The van der Waals surface area contributed by atoms with Crippen LogP contribution in [0.2, 0.25) is 0 Å². The molecule has 0 unspecified atom stereocenters. The van der Waals surface area contributed by atoms with Crippen molar-refractivity contribution in [1.29, 1.82) is 0 Å². The van der Waals surface area contributed by atoms with Crippen LogP contribution in [0.3, 0.4) is 0 Å². The third kappa shape index (κ3) is 5.46. The molecule has 2 aromatic rings. The molecular formula is C19H21N3O3. The summed E-state index contributed by atoms with van der Waals surface area (Å²) in [5.41, 5.74) is 5.14. The van der Waals surface area contributed by atoms with E-state index in [4.69, 9.17) is 4.74 Å². The molecule has 0 fully saturated rings. The first-order chi connectivity index (χ1) is 12.0. The Kier molecular flexibility index (Phi) is 6.28. The Morgan fingerprint density at radius 2 is 1.76 bits per heavy atom. The van der Waals surface area contributed by atoms with Crippen LogP contribution in [0.25, 0.3) is 0 Å². The smallest absolute Gasteiger partial charge is 0.271 e. The zero-order valence-electron chi connectivity index (χ0n) is 14.5. The van der Waals surface area contributed by atoms with Crippen molar-refractivity contribution in [3.8, 4) is 5.75 Å². The maximum absolute atomic E-state index is 12.1. The summed E-state index contributed by atoms with van der Waals surface area (Å²) in [5.74, 6) is 0.268. The summed E-state index contributed by atoms with van der Waals surface area (Å²) in [6.07, 6.45) is 0. The summed E-state index contributed by atoms with van der Waals surface area (Å²) in [7, 11) is 0. The lowest BCUT2D eigenvalue weighted by Crippen LogP contribution is -2.19. The molecule has 2 N–H and O–H groups in total. The minimum atomic E-state index is -0.305. The lowest BCUT2D eigenvalue weighted by molar-refractivity contribution is -0.114. The van der Waals surface area contributed by atoms with E-state index in [0.29, 0.717) is 29.3 Å². The van der Waals surface area contributed by atoms with Gasteiger partial charge in [0.1, 0.15) is 5.75 Å². The van der Waals surface area contributed by atoms with Crippen LogP contribution in [0.15, 0.2) is 53.6 Å². The lowest BCUT2D eigenvalue weighted by Gasteiger charge is -2.07. The highest BCUT2D eigenvalue weighted by atomic mass is 16.5. The van der Waals surface area contributed by atoms with Crippen molar-refractivity contribution in [2.45, 2.75) is 20.8 Å². The van der Waals surface area contributed by atoms with Gasteiger partial charge in [0.25, 0.3) is 5.91 Å². The van der Waals surface area contributed by atoms with Gasteiger partial charge in [-0.2, -0.15) is 5.10 Å². The Morgan fingerprint density at radius 3 is 2.40 bits per heavy atom. The fourth-order valence-corrected chi connectivity index (χ4v) is 2.16. The van der Waals surface area contributed by atoms with Crippen molar-refractivity contribution in [1.82, 2.24) is 5.43 Å². The van der Waals surface area contributed by atoms with Gasteiger partial charge in [-0.15, -0.1) is 0 Å². The van der Waals surface area contributed by atoms with Gasteiger partial charge in [-0.05, 0) is 55.8 Å². The average molecular weight is 339 g/mol. The van der Waals surface area contributed by atoms with Crippen LogP contribution >= 0.6 is 0 Å². The second-order valence-electron chi connectivity index (χ2n) is 5.36. The molecule has 0 heterocycles. The number of carbonyl (C=O) groups is 2. The molecule has 25 heavy (non-hydrogen) atoms. The molecular weight excluding hydrogens is 318 g/mol. The molecule has 0 aliphatic carbocycles. The van der Waals surface area contributed by atoms with Gasteiger partial charge < -0.3 is 10.1 Å². The van der Waals surface area contributed by atoms with Crippen molar-refractivity contribution in [2.75, 3.05) is 11.9 Å². The van der Waals surface area contributed by atoms with Gasteiger partial charge in [-0.3, -0.25) is 9.59 Å². The van der Waals surface area contributed by atoms with Gasteiger partial charge in [-0.25, -0.2) is 5.43 Å². The zero-order valence-corrected chi connectivity index (χ0v) is 14.5. The number of nitrogens with one attached hydrogen (secondary N) is 2. The van der Waals surface area contributed by atoms with Crippen LogP contribution in [-0.4, -0.2) is 24.1 Å². The molecule has 0 saturated heterocycles. The van der Waals surface area contributed by atoms with Crippen molar-refractivity contribution < 1.29 is 14.3 Å². The number of hydrazone groups is 1. The van der Waals surface area contributed by atoms with Gasteiger partial charge in [0.2, 0.25) is 5.91 Å². The Balaban J connectivity index is 2.04. The fourth-order valence-electron chi connectivity index (χ4n) is 2.16. The fraction of sp³-hybridized carbons (Fsp3) is 0.211. The highest BCUT2D eigenvalue weighted by Gasteiger charge is 2.06. The molecule has 0 atom stereocenters. The Bertz CT molecular complexity index is 783. The molecule has 0 saturated carbocycles. The number of carbonyl (C=O) groups excluding carboxylic acids is 2. The number of hydrogen-bond donors (Lipinski definition) is 2. The van der Waals surface area contributed by atoms with Gasteiger partial charge in [0, 0.05) is 18.2 Å². The predicted molar refractivity (Wildman–Crippen MR) is 98.0 cm³/mol. The highest BCUT2D eigenvalue weighted by molar-refractivity contribution is 6.02. The van der Waals surface area contributed by atoms with E-state index in [1.807, 2.05) is 19.1 Å². The monoisotopic (exact) mass is 339 g/mol. The first kappa shape index (κ1) is 18.2. The van der Waals surface area contributed by atoms with E-state index in [1.165, 1.54) is 6.92 Å². The Hall–Kier alpha value is -3.15. The molecule has 6 heteroatoms. The van der Waals surface area contributed by atoms with Crippen LogP contribution in [0, 0.1) is 0 Å². The minimum absolute atomic E-state index is 0.143. The maximum Gasteiger partial charge on any atom is 0.271 e. The van der Waals surface area contributed by atoms with Crippen LogP contribution in [0.1, 0.15) is 36.7 Å². The SMILES string of the molecule is CCOc1ccc(C(=O)N/N=C(\C)c2cccc(NC(C)=O)c2)cc1. The first-order valence-electron chi connectivity index (χ1n) is 7.95. The van der Waals surface area contributed by atoms with E-state index in [-0.39, 0.29) is 11.8 Å². The molecule has 2 amide bonds. The van der Waals surface area contributed by atoms with Crippen molar-refractivity contribution >= 4 is 23.2 Å². The predicted octanol–water partition coefficient (Wildman–Crippen LogP) is 3.20. The summed E-state index contributed by atoms with van der Waals surface area (Å²) in [5, 5.41) is 6.84. The van der Waals surface area contributed by atoms with Crippen LogP contribution in [0.4, 0.5) is 5.69 Å². The number of nitrogens with zero attached hydrogens (tertiary/aromatic N) is 1. The van der Waals surface area contributed by atoms with E-state index in [0.717, 1.165) is 5.56 Å². The third-order valence-corrected chi connectivity index (χ3v) is 3.35. The number of benzene rings is 2. The largest absolute Gasteiger partial charge is 0.494 e.